The minimum absolute atomic E-state index is 0.0850. The van der Waals surface area contributed by atoms with Crippen LogP contribution in [0.3, 0.4) is 0 Å². The molecule has 2 aromatic rings. The van der Waals surface area contributed by atoms with E-state index in [0.717, 1.165) is 12.8 Å². The van der Waals surface area contributed by atoms with E-state index < -0.39 is 4.92 Å². The van der Waals surface area contributed by atoms with E-state index >= 15 is 0 Å². The number of nitrogens with zero attached hydrogens (tertiary/aromatic N) is 1. The van der Waals surface area contributed by atoms with Gasteiger partial charge in [-0.25, -0.2) is 0 Å². The van der Waals surface area contributed by atoms with Crippen molar-refractivity contribution in [3.8, 4) is 5.75 Å². The van der Waals surface area contributed by atoms with E-state index in [4.69, 9.17) is 10.5 Å². The lowest BCUT2D eigenvalue weighted by Crippen LogP contribution is -2.26. The van der Waals surface area contributed by atoms with Crippen LogP contribution in [0.4, 0.5) is 5.69 Å². The molecular formula is C21H27N3O4. The number of aryl methyl sites for hydroxylation is 3. The highest BCUT2D eigenvalue weighted by molar-refractivity contribution is 5.78. The summed E-state index contributed by atoms with van der Waals surface area (Å²) in [6.45, 7) is 5.20. The fourth-order valence-corrected chi connectivity index (χ4v) is 2.83. The second-order valence-corrected chi connectivity index (χ2v) is 6.75. The third-order valence-corrected chi connectivity index (χ3v) is 4.50. The number of nitrogens with two attached hydrogens (primary N) is 1. The number of nitro groups is 1. The molecule has 0 aliphatic rings. The highest BCUT2D eigenvalue weighted by atomic mass is 16.6. The van der Waals surface area contributed by atoms with E-state index in [1.54, 1.807) is 6.07 Å². The Labute approximate surface area is 165 Å². The van der Waals surface area contributed by atoms with Gasteiger partial charge in [0, 0.05) is 19.2 Å². The first kappa shape index (κ1) is 21.4. The summed E-state index contributed by atoms with van der Waals surface area (Å²) >= 11 is 0. The molecule has 0 aromatic heterocycles. The maximum atomic E-state index is 12.1. The molecule has 150 valence electrons. The second kappa shape index (κ2) is 10.4. The SMILES string of the molecule is Cc1ccc(CCCNC(=O)Cc2ccc(OCCN)c([N+](=O)[O-])c2)cc1C. The Morgan fingerprint density at radius 2 is 1.89 bits per heavy atom. The summed E-state index contributed by atoms with van der Waals surface area (Å²) in [6.07, 6.45) is 1.81. The number of benzene rings is 2. The molecule has 0 radical (unpaired) electrons. The van der Waals surface area contributed by atoms with Crippen LogP contribution in [0, 0.1) is 24.0 Å². The molecule has 0 fully saturated rings. The molecule has 0 heterocycles. The zero-order valence-corrected chi connectivity index (χ0v) is 16.4. The van der Waals surface area contributed by atoms with Crippen LogP contribution in [0.1, 0.15) is 28.7 Å². The molecule has 0 spiro atoms. The van der Waals surface area contributed by atoms with Gasteiger partial charge in [0.2, 0.25) is 5.91 Å². The fraction of sp³-hybridized carbons (Fsp3) is 0.381. The summed E-state index contributed by atoms with van der Waals surface area (Å²) in [4.78, 5) is 22.8. The summed E-state index contributed by atoms with van der Waals surface area (Å²) in [6, 6.07) is 10.9. The average molecular weight is 385 g/mol. The number of amides is 1. The molecule has 2 rings (SSSR count). The smallest absolute Gasteiger partial charge is 0.311 e. The first-order valence-corrected chi connectivity index (χ1v) is 9.33. The Hall–Kier alpha value is -2.93. The number of ether oxygens (including phenoxy) is 1. The molecule has 28 heavy (non-hydrogen) atoms. The van der Waals surface area contributed by atoms with Gasteiger partial charge in [-0.15, -0.1) is 0 Å². The van der Waals surface area contributed by atoms with Gasteiger partial charge in [0.05, 0.1) is 11.3 Å². The summed E-state index contributed by atoms with van der Waals surface area (Å²) < 4.78 is 5.28. The van der Waals surface area contributed by atoms with Crippen LogP contribution < -0.4 is 15.8 Å². The van der Waals surface area contributed by atoms with Crippen LogP contribution >= 0.6 is 0 Å². The molecule has 7 nitrogen and oxygen atoms in total. The topological polar surface area (TPSA) is 107 Å². The highest BCUT2D eigenvalue weighted by Crippen LogP contribution is 2.28. The molecule has 0 bridgehead atoms. The third-order valence-electron chi connectivity index (χ3n) is 4.50. The second-order valence-electron chi connectivity index (χ2n) is 6.75. The molecule has 7 heteroatoms. The summed E-state index contributed by atoms with van der Waals surface area (Å²) in [5.41, 5.74) is 9.55. The van der Waals surface area contributed by atoms with Crippen LogP contribution in [0.5, 0.6) is 5.75 Å². The standard InChI is InChI=1S/C21H27N3O4/c1-15-5-6-17(12-16(15)2)4-3-10-23-21(25)14-18-7-8-20(28-11-9-22)19(13-18)24(26)27/h5-8,12-13H,3-4,9-11,14,22H2,1-2H3,(H,23,25). The molecule has 0 unspecified atom stereocenters. The predicted octanol–water partition coefficient (Wildman–Crippen LogP) is 2.84. The summed E-state index contributed by atoms with van der Waals surface area (Å²) in [7, 11) is 0. The van der Waals surface area contributed by atoms with Crippen molar-refractivity contribution in [3.05, 3.63) is 68.8 Å². The van der Waals surface area contributed by atoms with Gasteiger partial charge < -0.3 is 15.8 Å². The number of hydrogen-bond acceptors (Lipinski definition) is 5. The lowest BCUT2D eigenvalue weighted by Gasteiger charge is -2.09. The van der Waals surface area contributed by atoms with Crippen molar-refractivity contribution in [1.82, 2.24) is 5.32 Å². The highest BCUT2D eigenvalue weighted by Gasteiger charge is 2.17. The molecule has 3 N–H and O–H groups in total. The monoisotopic (exact) mass is 385 g/mol. The number of nitro benzene ring substituents is 1. The van der Waals surface area contributed by atoms with Crippen molar-refractivity contribution < 1.29 is 14.5 Å². The van der Waals surface area contributed by atoms with Gasteiger partial charge in [-0.05, 0) is 55.0 Å². The lowest BCUT2D eigenvalue weighted by molar-refractivity contribution is -0.385. The van der Waals surface area contributed by atoms with Crippen LogP contribution in [-0.4, -0.2) is 30.5 Å². The Bertz CT molecular complexity index is 836. The normalized spacial score (nSPS) is 10.5. The van der Waals surface area contributed by atoms with Crippen LogP contribution in [0.25, 0.3) is 0 Å². The van der Waals surface area contributed by atoms with Gasteiger partial charge in [-0.2, -0.15) is 0 Å². The zero-order valence-electron chi connectivity index (χ0n) is 16.4. The number of rotatable bonds is 10. The Morgan fingerprint density at radius 3 is 2.57 bits per heavy atom. The summed E-state index contributed by atoms with van der Waals surface area (Å²) in [5, 5.41) is 14.1. The molecule has 0 aliphatic heterocycles. The maximum Gasteiger partial charge on any atom is 0.311 e. The van der Waals surface area contributed by atoms with E-state index in [2.05, 4.69) is 37.4 Å². The van der Waals surface area contributed by atoms with Crippen molar-refractivity contribution in [1.29, 1.82) is 0 Å². The van der Waals surface area contributed by atoms with Crippen molar-refractivity contribution in [3.63, 3.8) is 0 Å². The zero-order chi connectivity index (χ0) is 20.5. The fourth-order valence-electron chi connectivity index (χ4n) is 2.83. The lowest BCUT2D eigenvalue weighted by atomic mass is 10.0. The predicted molar refractivity (Wildman–Crippen MR) is 109 cm³/mol. The van der Waals surface area contributed by atoms with E-state index in [0.29, 0.717) is 12.1 Å². The Morgan fingerprint density at radius 1 is 1.14 bits per heavy atom. The quantitative estimate of drug-likeness (QED) is 0.371. The summed E-state index contributed by atoms with van der Waals surface area (Å²) in [5.74, 6) is -0.00184. The van der Waals surface area contributed by atoms with Crippen molar-refractivity contribution >= 4 is 11.6 Å². The minimum Gasteiger partial charge on any atom is -0.485 e. The van der Waals surface area contributed by atoms with E-state index in [9.17, 15) is 14.9 Å². The van der Waals surface area contributed by atoms with Crippen LogP contribution in [0.15, 0.2) is 36.4 Å². The van der Waals surface area contributed by atoms with Gasteiger partial charge in [0.15, 0.2) is 5.75 Å². The van der Waals surface area contributed by atoms with E-state index in [1.807, 2.05) is 0 Å². The van der Waals surface area contributed by atoms with Gasteiger partial charge in [-0.3, -0.25) is 14.9 Å². The van der Waals surface area contributed by atoms with Gasteiger partial charge in [0.25, 0.3) is 0 Å². The molecule has 1 amide bonds. The third kappa shape index (κ3) is 6.35. The van der Waals surface area contributed by atoms with E-state index in [-0.39, 0.29) is 36.9 Å². The van der Waals surface area contributed by atoms with Gasteiger partial charge in [-0.1, -0.05) is 24.3 Å². The molecule has 0 saturated carbocycles. The van der Waals surface area contributed by atoms with Crippen LogP contribution in [0.2, 0.25) is 0 Å². The molecule has 0 atom stereocenters. The number of nitrogens with one attached hydrogen (secondary N) is 1. The average Bonchev–Trinajstić information content (AvgIpc) is 2.66. The largest absolute Gasteiger partial charge is 0.485 e. The number of carbonyl (C=O) groups excluding carboxylic acids is 1. The van der Waals surface area contributed by atoms with Crippen molar-refractivity contribution in [2.75, 3.05) is 19.7 Å². The molecular weight excluding hydrogens is 358 g/mol. The first-order valence-electron chi connectivity index (χ1n) is 9.33. The molecule has 2 aromatic carbocycles. The van der Waals surface area contributed by atoms with Crippen molar-refractivity contribution in [2.45, 2.75) is 33.1 Å². The Kier molecular flexibility index (Phi) is 7.95. The van der Waals surface area contributed by atoms with Crippen LogP contribution in [-0.2, 0) is 17.6 Å². The number of hydrogen-bond donors (Lipinski definition) is 2. The van der Waals surface area contributed by atoms with E-state index in [1.165, 1.54) is 28.8 Å². The minimum atomic E-state index is -0.517. The maximum absolute atomic E-state index is 12.1. The molecule has 0 saturated heterocycles. The van der Waals surface area contributed by atoms with Gasteiger partial charge >= 0.3 is 5.69 Å². The Balaban J connectivity index is 1.84. The molecule has 0 aliphatic carbocycles. The van der Waals surface area contributed by atoms with Crippen molar-refractivity contribution in [2.24, 2.45) is 5.73 Å². The first-order chi connectivity index (χ1) is 13.4. The van der Waals surface area contributed by atoms with Gasteiger partial charge in [0.1, 0.15) is 6.61 Å². The number of carbonyl (C=O) groups is 1.